The Balaban J connectivity index is 2.22. The minimum absolute atomic E-state index is 0.0638. The van der Waals surface area contributed by atoms with Gasteiger partial charge in [0.2, 0.25) is 0 Å². The van der Waals surface area contributed by atoms with Crippen molar-refractivity contribution in [2.24, 2.45) is 0 Å². The molecule has 1 aromatic carbocycles. The summed E-state index contributed by atoms with van der Waals surface area (Å²) < 4.78 is 0. The molecule has 0 fully saturated rings. The molecule has 1 aromatic heterocycles. The summed E-state index contributed by atoms with van der Waals surface area (Å²) >= 11 is 16.0. The van der Waals surface area contributed by atoms with Crippen molar-refractivity contribution in [1.82, 2.24) is 4.98 Å². The summed E-state index contributed by atoms with van der Waals surface area (Å²) in [5, 5.41) is 1.35. The van der Waals surface area contributed by atoms with Crippen molar-refractivity contribution >= 4 is 39.1 Å². The average molecular weight is 345 g/mol. The summed E-state index contributed by atoms with van der Waals surface area (Å²) in [5.41, 5.74) is 3.09. The number of halogens is 3. The van der Waals surface area contributed by atoms with E-state index in [1.807, 2.05) is 37.4 Å². The van der Waals surface area contributed by atoms with Crippen LogP contribution in [-0.4, -0.2) is 4.98 Å². The van der Waals surface area contributed by atoms with Crippen LogP contribution in [-0.2, 0) is 6.42 Å². The van der Waals surface area contributed by atoms with E-state index < -0.39 is 0 Å². The van der Waals surface area contributed by atoms with Gasteiger partial charge in [-0.05, 0) is 30.7 Å². The quantitative estimate of drug-likeness (QED) is 0.681. The summed E-state index contributed by atoms with van der Waals surface area (Å²) in [6.45, 7) is 2.02. The molecule has 2 rings (SSSR count). The Hall–Kier alpha value is -0.570. The van der Waals surface area contributed by atoms with Crippen LogP contribution in [0.4, 0.5) is 0 Å². The molecule has 1 heterocycles. The van der Waals surface area contributed by atoms with Crippen molar-refractivity contribution in [1.29, 1.82) is 0 Å². The van der Waals surface area contributed by atoms with Crippen LogP contribution in [0, 0.1) is 6.92 Å². The molecule has 0 amide bonds. The maximum absolute atomic E-state index is 6.18. The van der Waals surface area contributed by atoms with Gasteiger partial charge in [-0.25, -0.2) is 0 Å². The highest BCUT2D eigenvalue weighted by Gasteiger charge is 2.16. The highest BCUT2D eigenvalue weighted by atomic mass is 79.9. The fourth-order valence-corrected chi connectivity index (χ4v) is 3.46. The lowest BCUT2D eigenvalue weighted by atomic mass is 10.1. The molecule has 18 heavy (non-hydrogen) atoms. The summed E-state index contributed by atoms with van der Waals surface area (Å²) in [5.74, 6) is 0. The molecule has 2 aromatic rings. The van der Waals surface area contributed by atoms with Gasteiger partial charge in [0.25, 0.3) is 0 Å². The van der Waals surface area contributed by atoms with Crippen LogP contribution in [0.2, 0.25) is 10.0 Å². The second-order valence-electron chi connectivity index (χ2n) is 4.13. The second kappa shape index (κ2) is 6.05. The smallest absolute Gasteiger partial charge is 0.0480 e. The molecule has 1 unspecified atom stereocenters. The number of aromatic nitrogens is 1. The first kappa shape index (κ1) is 13.9. The number of pyridine rings is 1. The third-order valence-electron chi connectivity index (χ3n) is 2.67. The number of nitrogens with zero attached hydrogens (tertiary/aromatic N) is 1. The SMILES string of the molecule is Cc1ccc(CC(Br)c2c(Cl)cccc2Cl)nc1. The van der Waals surface area contributed by atoms with E-state index >= 15 is 0 Å². The number of hydrogen-bond acceptors (Lipinski definition) is 1. The predicted octanol–water partition coefficient (Wildman–Crippen LogP) is 5.38. The number of hydrogen-bond donors (Lipinski definition) is 0. The van der Waals surface area contributed by atoms with Crippen molar-refractivity contribution in [3.8, 4) is 0 Å². The van der Waals surface area contributed by atoms with Gasteiger partial charge in [-0.1, -0.05) is 51.3 Å². The molecule has 0 N–H and O–H groups in total. The first-order valence-corrected chi connectivity index (χ1v) is 7.24. The average Bonchev–Trinajstić information content (AvgIpc) is 2.32. The fourth-order valence-electron chi connectivity index (χ4n) is 1.71. The van der Waals surface area contributed by atoms with E-state index in [2.05, 4.69) is 27.0 Å². The molecule has 0 aliphatic carbocycles. The number of benzene rings is 1. The van der Waals surface area contributed by atoms with E-state index in [-0.39, 0.29) is 4.83 Å². The van der Waals surface area contributed by atoms with Crippen molar-refractivity contribution < 1.29 is 0 Å². The molecule has 4 heteroatoms. The third kappa shape index (κ3) is 3.25. The summed E-state index contributed by atoms with van der Waals surface area (Å²) in [6.07, 6.45) is 2.62. The van der Waals surface area contributed by atoms with Gasteiger partial charge in [-0.3, -0.25) is 4.98 Å². The van der Waals surface area contributed by atoms with Gasteiger partial charge in [-0.2, -0.15) is 0 Å². The van der Waals surface area contributed by atoms with Crippen LogP contribution in [0.1, 0.15) is 21.6 Å². The molecule has 0 saturated carbocycles. The van der Waals surface area contributed by atoms with Gasteiger partial charge in [0.05, 0.1) is 0 Å². The number of aryl methyl sites for hydroxylation is 1. The maximum Gasteiger partial charge on any atom is 0.0480 e. The van der Waals surface area contributed by atoms with Gasteiger partial charge in [0, 0.05) is 38.7 Å². The zero-order valence-corrected chi connectivity index (χ0v) is 12.9. The zero-order chi connectivity index (χ0) is 13.1. The Morgan fingerprint density at radius 1 is 1.17 bits per heavy atom. The van der Waals surface area contributed by atoms with Crippen LogP contribution in [0.25, 0.3) is 0 Å². The van der Waals surface area contributed by atoms with E-state index in [4.69, 9.17) is 23.2 Å². The Kier molecular flexibility index (Phi) is 4.66. The molecule has 0 aliphatic rings. The molecular formula is C14H12BrCl2N. The third-order valence-corrected chi connectivity index (χ3v) is 4.11. The largest absolute Gasteiger partial charge is 0.261 e. The van der Waals surface area contributed by atoms with Crippen molar-refractivity contribution in [3.05, 3.63) is 63.4 Å². The molecular weight excluding hydrogens is 333 g/mol. The highest BCUT2D eigenvalue weighted by molar-refractivity contribution is 9.09. The van der Waals surface area contributed by atoms with Gasteiger partial charge in [-0.15, -0.1) is 0 Å². The standard InChI is InChI=1S/C14H12BrCl2N/c1-9-5-6-10(18-8-9)7-11(15)14-12(16)3-2-4-13(14)17/h2-6,8,11H,7H2,1H3. The fraction of sp³-hybridized carbons (Fsp3) is 0.214. The van der Waals surface area contributed by atoms with E-state index in [0.29, 0.717) is 10.0 Å². The van der Waals surface area contributed by atoms with Crippen LogP contribution in [0.15, 0.2) is 36.5 Å². The lowest BCUT2D eigenvalue weighted by Gasteiger charge is -2.13. The van der Waals surface area contributed by atoms with Gasteiger partial charge < -0.3 is 0 Å². The van der Waals surface area contributed by atoms with Crippen molar-refractivity contribution in [2.75, 3.05) is 0 Å². The van der Waals surface area contributed by atoms with E-state index in [0.717, 1.165) is 23.2 Å². The van der Waals surface area contributed by atoms with Gasteiger partial charge in [0.1, 0.15) is 0 Å². The Labute approximate surface area is 125 Å². The summed E-state index contributed by atoms with van der Waals surface area (Å²) in [4.78, 5) is 4.45. The molecule has 94 valence electrons. The van der Waals surface area contributed by atoms with Gasteiger partial charge >= 0.3 is 0 Å². The molecule has 0 spiro atoms. The lowest BCUT2D eigenvalue weighted by molar-refractivity contribution is 0.902. The number of rotatable bonds is 3. The molecule has 1 nitrogen and oxygen atoms in total. The lowest BCUT2D eigenvalue weighted by Crippen LogP contribution is -1.99. The van der Waals surface area contributed by atoms with Crippen LogP contribution in [0.3, 0.4) is 0 Å². The normalized spacial score (nSPS) is 12.4. The Bertz CT molecular complexity index is 520. The topological polar surface area (TPSA) is 12.9 Å². The Morgan fingerprint density at radius 3 is 2.39 bits per heavy atom. The highest BCUT2D eigenvalue weighted by Crippen LogP contribution is 2.36. The molecule has 1 atom stereocenters. The molecule has 0 bridgehead atoms. The van der Waals surface area contributed by atoms with E-state index in [1.54, 1.807) is 0 Å². The molecule has 0 aliphatic heterocycles. The van der Waals surface area contributed by atoms with Crippen LogP contribution >= 0.6 is 39.1 Å². The second-order valence-corrected chi connectivity index (χ2v) is 6.05. The first-order valence-electron chi connectivity index (χ1n) is 5.57. The van der Waals surface area contributed by atoms with Gasteiger partial charge in [0.15, 0.2) is 0 Å². The van der Waals surface area contributed by atoms with E-state index in [1.165, 1.54) is 0 Å². The monoisotopic (exact) mass is 343 g/mol. The molecule has 0 saturated heterocycles. The minimum Gasteiger partial charge on any atom is -0.261 e. The summed E-state index contributed by atoms with van der Waals surface area (Å²) in [6, 6.07) is 9.61. The zero-order valence-electron chi connectivity index (χ0n) is 9.83. The Morgan fingerprint density at radius 2 is 1.83 bits per heavy atom. The van der Waals surface area contributed by atoms with Crippen LogP contribution < -0.4 is 0 Å². The van der Waals surface area contributed by atoms with Crippen molar-refractivity contribution in [3.63, 3.8) is 0 Å². The molecule has 0 radical (unpaired) electrons. The number of alkyl halides is 1. The van der Waals surface area contributed by atoms with Crippen molar-refractivity contribution in [2.45, 2.75) is 18.2 Å². The first-order chi connectivity index (χ1) is 8.58. The maximum atomic E-state index is 6.18. The van der Waals surface area contributed by atoms with E-state index in [9.17, 15) is 0 Å². The summed E-state index contributed by atoms with van der Waals surface area (Å²) in [7, 11) is 0. The van der Waals surface area contributed by atoms with Crippen LogP contribution in [0.5, 0.6) is 0 Å². The minimum atomic E-state index is 0.0638. The predicted molar refractivity (Wildman–Crippen MR) is 80.8 cm³/mol.